The largest absolute Gasteiger partial charge is 0.489 e. The van der Waals surface area contributed by atoms with Crippen molar-refractivity contribution >= 4 is 16.6 Å². The zero-order valence-corrected chi connectivity index (χ0v) is 12.3. The van der Waals surface area contributed by atoms with Crippen molar-refractivity contribution in [1.29, 1.82) is 0 Å². The molecule has 0 aliphatic rings. The number of hydrogen-bond donors (Lipinski definition) is 1. The summed E-state index contributed by atoms with van der Waals surface area (Å²) in [5, 5.41) is 1.13. The minimum absolute atomic E-state index is 0.508. The minimum Gasteiger partial charge on any atom is -0.489 e. The van der Waals surface area contributed by atoms with Crippen LogP contribution in [0.5, 0.6) is 5.75 Å². The molecule has 0 atom stereocenters. The van der Waals surface area contributed by atoms with Gasteiger partial charge in [-0.3, -0.25) is 4.98 Å². The summed E-state index contributed by atoms with van der Waals surface area (Å²) in [7, 11) is 0. The first-order valence-corrected chi connectivity index (χ1v) is 6.98. The maximum atomic E-state index is 5.96. The maximum Gasteiger partial charge on any atom is 0.124 e. The molecule has 0 saturated carbocycles. The van der Waals surface area contributed by atoms with Gasteiger partial charge in [0.15, 0.2) is 0 Å². The number of fused-ring (bicyclic) bond motifs is 1. The number of nitrogens with two attached hydrogens (primary N) is 1. The van der Waals surface area contributed by atoms with Gasteiger partial charge in [0.1, 0.15) is 12.4 Å². The van der Waals surface area contributed by atoms with E-state index >= 15 is 0 Å². The molecule has 2 aromatic carbocycles. The van der Waals surface area contributed by atoms with Crippen LogP contribution in [-0.2, 0) is 6.61 Å². The van der Waals surface area contributed by atoms with E-state index in [-0.39, 0.29) is 0 Å². The van der Waals surface area contributed by atoms with Gasteiger partial charge in [0, 0.05) is 27.9 Å². The highest BCUT2D eigenvalue weighted by atomic mass is 16.5. The van der Waals surface area contributed by atoms with Crippen molar-refractivity contribution in [2.24, 2.45) is 0 Å². The lowest BCUT2D eigenvalue weighted by Gasteiger charge is -2.12. The van der Waals surface area contributed by atoms with Crippen molar-refractivity contribution in [3.05, 3.63) is 65.4 Å². The molecule has 1 aromatic heterocycles. The van der Waals surface area contributed by atoms with E-state index in [4.69, 9.17) is 10.5 Å². The fourth-order valence-corrected chi connectivity index (χ4v) is 2.46. The Bertz CT molecular complexity index is 796. The molecular weight excluding hydrogens is 260 g/mol. The van der Waals surface area contributed by atoms with Crippen LogP contribution in [0.3, 0.4) is 0 Å². The van der Waals surface area contributed by atoms with E-state index in [0.29, 0.717) is 6.61 Å². The summed E-state index contributed by atoms with van der Waals surface area (Å²) in [5.74, 6) is 0.827. The van der Waals surface area contributed by atoms with Crippen LogP contribution in [0.2, 0.25) is 0 Å². The van der Waals surface area contributed by atoms with Crippen LogP contribution in [0.15, 0.2) is 48.5 Å². The molecule has 0 radical (unpaired) electrons. The number of ether oxygens (including phenoxy) is 1. The Morgan fingerprint density at radius 2 is 1.86 bits per heavy atom. The standard InChI is InChI=1S/C18H18N2O/c1-12-10-14(15-6-3-4-8-17(15)20-12)11-21-18-9-5-7-16(19)13(18)2/h3-10H,11,19H2,1-2H3. The van der Waals surface area contributed by atoms with E-state index in [1.807, 2.05) is 50.2 Å². The second-order valence-electron chi connectivity index (χ2n) is 5.20. The molecule has 0 fully saturated rings. The average Bonchev–Trinajstić information content (AvgIpc) is 2.48. The third kappa shape index (κ3) is 2.68. The summed E-state index contributed by atoms with van der Waals surface area (Å²) in [4.78, 5) is 4.55. The topological polar surface area (TPSA) is 48.1 Å². The fourth-order valence-electron chi connectivity index (χ4n) is 2.46. The van der Waals surface area contributed by atoms with E-state index in [0.717, 1.165) is 39.2 Å². The molecule has 0 spiro atoms. The molecule has 0 saturated heterocycles. The molecule has 0 bridgehead atoms. The van der Waals surface area contributed by atoms with Crippen molar-refractivity contribution in [3.8, 4) is 5.75 Å². The number of pyridine rings is 1. The maximum absolute atomic E-state index is 5.96. The minimum atomic E-state index is 0.508. The zero-order chi connectivity index (χ0) is 14.8. The first-order valence-electron chi connectivity index (χ1n) is 6.98. The van der Waals surface area contributed by atoms with Crippen LogP contribution in [0, 0.1) is 13.8 Å². The lowest BCUT2D eigenvalue weighted by atomic mass is 10.1. The molecular formula is C18H18N2O. The molecule has 0 unspecified atom stereocenters. The Morgan fingerprint density at radius 3 is 2.71 bits per heavy atom. The predicted molar refractivity (Wildman–Crippen MR) is 86.4 cm³/mol. The summed E-state index contributed by atoms with van der Waals surface area (Å²) >= 11 is 0. The van der Waals surface area contributed by atoms with Crippen molar-refractivity contribution in [1.82, 2.24) is 4.98 Å². The van der Waals surface area contributed by atoms with E-state index in [9.17, 15) is 0 Å². The summed E-state index contributed by atoms with van der Waals surface area (Å²) < 4.78 is 5.96. The first kappa shape index (κ1) is 13.4. The number of aryl methyl sites for hydroxylation is 1. The number of rotatable bonds is 3. The summed E-state index contributed by atoms with van der Waals surface area (Å²) in [6.07, 6.45) is 0. The van der Waals surface area contributed by atoms with Crippen molar-refractivity contribution in [2.75, 3.05) is 5.73 Å². The third-order valence-corrected chi connectivity index (χ3v) is 3.64. The molecule has 3 heteroatoms. The summed E-state index contributed by atoms with van der Waals surface area (Å²) in [6, 6.07) is 15.9. The number of anilines is 1. The van der Waals surface area contributed by atoms with Crippen LogP contribution in [-0.4, -0.2) is 4.98 Å². The lowest BCUT2D eigenvalue weighted by molar-refractivity contribution is 0.305. The number of aromatic nitrogens is 1. The molecule has 3 rings (SSSR count). The van der Waals surface area contributed by atoms with Gasteiger partial charge in [-0.1, -0.05) is 24.3 Å². The average molecular weight is 278 g/mol. The van der Waals surface area contributed by atoms with Gasteiger partial charge in [-0.25, -0.2) is 0 Å². The quantitative estimate of drug-likeness (QED) is 0.736. The van der Waals surface area contributed by atoms with Gasteiger partial charge in [0.05, 0.1) is 5.52 Å². The highest BCUT2D eigenvalue weighted by Crippen LogP contribution is 2.25. The number of nitrogen functional groups attached to an aromatic ring is 1. The molecule has 2 N–H and O–H groups in total. The van der Waals surface area contributed by atoms with Crippen molar-refractivity contribution in [3.63, 3.8) is 0 Å². The Labute approximate surface area is 124 Å². The van der Waals surface area contributed by atoms with Crippen molar-refractivity contribution < 1.29 is 4.74 Å². The Kier molecular flexibility index (Phi) is 3.48. The zero-order valence-electron chi connectivity index (χ0n) is 12.3. The Morgan fingerprint density at radius 1 is 1.05 bits per heavy atom. The van der Waals surface area contributed by atoms with Gasteiger partial charge in [0.25, 0.3) is 0 Å². The first-order chi connectivity index (χ1) is 10.1. The van der Waals surface area contributed by atoms with E-state index in [2.05, 4.69) is 17.1 Å². The monoisotopic (exact) mass is 278 g/mol. The van der Waals surface area contributed by atoms with Gasteiger partial charge < -0.3 is 10.5 Å². The molecule has 0 aliphatic carbocycles. The van der Waals surface area contributed by atoms with Crippen LogP contribution < -0.4 is 10.5 Å². The summed E-state index contributed by atoms with van der Waals surface area (Å²) in [5.41, 5.74) is 10.8. The third-order valence-electron chi connectivity index (χ3n) is 3.64. The SMILES string of the molecule is Cc1cc(COc2cccc(N)c2C)c2ccccc2n1. The molecule has 0 aliphatic heterocycles. The highest BCUT2D eigenvalue weighted by Gasteiger charge is 2.06. The second kappa shape index (κ2) is 5.44. The van der Waals surface area contributed by atoms with Crippen LogP contribution >= 0.6 is 0 Å². The van der Waals surface area contributed by atoms with Gasteiger partial charge in [-0.15, -0.1) is 0 Å². The van der Waals surface area contributed by atoms with E-state index < -0.39 is 0 Å². The molecule has 3 nitrogen and oxygen atoms in total. The Balaban J connectivity index is 1.93. The predicted octanol–water partition coefficient (Wildman–Crippen LogP) is 4.01. The lowest BCUT2D eigenvalue weighted by Crippen LogP contribution is -2.01. The molecule has 3 aromatic rings. The van der Waals surface area contributed by atoms with E-state index in [1.54, 1.807) is 0 Å². The van der Waals surface area contributed by atoms with Gasteiger partial charge in [-0.2, -0.15) is 0 Å². The van der Waals surface area contributed by atoms with Crippen LogP contribution in [0.1, 0.15) is 16.8 Å². The number of benzene rings is 2. The molecule has 0 amide bonds. The summed E-state index contributed by atoms with van der Waals surface area (Å²) in [6.45, 7) is 4.48. The Hall–Kier alpha value is -2.55. The number of nitrogens with zero attached hydrogens (tertiary/aromatic N) is 1. The van der Waals surface area contributed by atoms with Gasteiger partial charge in [0.2, 0.25) is 0 Å². The molecule has 1 heterocycles. The normalized spacial score (nSPS) is 10.8. The second-order valence-corrected chi connectivity index (χ2v) is 5.20. The van der Waals surface area contributed by atoms with Crippen LogP contribution in [0.4, 0.5) is 5.69 Å². The number of hydrogen-bond acceptors (Lipinski definition) is 3. The van der Waals surface area contributed by atoms with Crippen LogP contribution in [0.25, 0.3) is 10.9 Å². The van der Waals surface area contributed by atoms with Crippen molar-refractivity contribution in [2.45, 2.75) is 20.5 Å². The van der Waals surface area contributed by atoms with E-state index in [1.165, 1.54) is 0 Å². The molecule has 106 valence electrons. The molecule has 21 heavy (non-hydrogen) atoms. The smallest absolute Gasteiger partial charge is 0.124 e. The van der Waals surface area contributed by atoms with Gasteiger partial charge >= 0.3 is 0 Å². The fraction of sp³-hybridized carbons (Fsp3) is 0.167. The number of para-hydroxylation sites is 1. The highest BCUT2D eigenvalue weighted by molar-refractivity contribution is 5.82. The van der Waals surface area contributed by atoms with Gasteiger partial charge in [-0.05, 0) is 38.1 Å².